The number of cyclic esters (lactones) is 1. The molecule has 5 rings (SSSR count). The van der Waals surface area contributed by atoms with E-state index < -0.39 is 11.6 Å². The van der Waals surface area contributed by atoms with E-state index in [1.807, 2.05) is 40.1 Å². The summed E-state index contributed by atoms with van der Waals surface area (Å²) < 4.78 is 6.68. The van der Waals surface area contributed by atoms with E-state index in [4.69, 9.17) is 9.72 Å². The van der Waals surface area contributed by atoms with Gasteiger partial charge in [0.1, 0.15) is 6.61 Å². The van der Waals surface area contributed by atoms with Crippen LogP contribution in [-0.4, -0.2) is 39.6 Å². The number of fused-ring (bicyclic) bond motifs is 5. The lowest BCUT2D eigenvalue weighted by Gasteiger charge is -2.29. The van der Waals surface area contributed by atoms with E-state index in [0.29, 0.717) is 29.1 Å². The fraction of sp³-hybridized carbons (Fsp3) is 0.375. The van der Waals surface area contributed by atoms with E-state index >= 15 is 0 Å². The number of benzene rings is 1. The summed E-state index contributed by atoms with van der Waals surface area (Å²) in [7, 11) is 4.05. The van der Waals surface area contributed by atoms with Crippen molar-refractivity contribution in [2.24, 2.45) is 0 Å². The summed E-state index contributed by atoms with van der Waals surface area (Å²) >= 11 is 0. The van der Waals surface area contributed by atoms with Gasteiger partial charge in [-0.1, -0.05) is 26.0 Å². The Morgan fingerprint density at radius 2 is 1.97 bits per heavy atom. The molecule has 1 N–H and O–H groups in total. The zero-order valence-corrected chi connectivity index (χ0v) is 18.5. The normalized spacial score (nSPS) is 18.7. The average Bonchev–Trinajstić information content (AvgIpc) is 3.09. The maximum Gasteiger partial charge on any atom is 0.342 e. The molecule has 0 radical (unpaired) electrons. The molecule has 2 aliphatic rings. The molecule has 7 heteroatoms. The number of hydrogen-bond donors (Lipinski definition) is 1. The number of aromatic nitrogens is 2. The molecule has 7 nitrogen and oxygen atoms in total. The summed E-state index contributed by atoms with van der Waals surface area (Å²) in [5.41, 5.74) is 2.86. The second-order valence-electron chi connectivity index (χ2n) is 8.18. The first-order valence-corrected chi connectivity index (χ1v) is 10.5. The highest BCUT2D eigenvalue weighted by molar-refractivity contribution is 5.87. The van der Waals surface area contributed by atoms with Crippen LogP contribution in [0.25, 0.3) is 22.3 Å². The van der Waals surface area contributed by atoms with Crippen LogP contribution < -0.4 is 5.56 Å². The third-order valence-electron chi connectivity index (χ3n) is 5.76. The minimum Gasteiger partial charge on any atom is -0.458 e. The van der Waals surface area contributed by atoms with Gasteiger partial charge in [-0.3, -0.25) is 4.79 Å². The molecule has 1 aromatic carbocycles. The first-order chi connectivity index (χ1) is 14.8. The molecule has 0 spiro atoms. The Morgan fingerprint density at radius 3 is 2.68 bits per heavy atom. The summed E-state index contributed by atoms with van der Waals surface area (Å²) in [5.74, 6) is -0.743. The molecule has 31 heavy (non-hydrogen) atoms. The number of nitrogens with zero attached hydrogens (tertiary/aromatic N) is 3. The summed E-state index contributed by atoms with van der Waals surface area (Å²) in [4.78, 5) is 32.1. The first-order valence-electron chi connectivity index (χ1n) is 10.5. The van der Waals surface area contributed by atoms with E-state index in [1.165, 1.54) is 12.5 Å². The van der Waals surface area contributed by atoms with Crippen LogP contribution >= 0.6 is 0 Å². The predicted molar refractivity (Wildman–Crippen MR) is 119 cm³/mol. The quantitative estimate of drug-likeness (QED) is 0.501. The van der Waals surface area contributed by atoms with Gasteiger partial charge < -0.3 is 19.3 Å². The van der Waals surface area contributed by atoms with Gasteiger partial charge in [-0.05, 0) is 44.8 Å². The van der Waals surface area contributed by atoms with E-state index in [9.17, 15) is 14.7 Å². The van der Waals surface area contributed by atoms with E-state index in [-0.39, 0.29) is 12.2 Å². The number of carbonyl (C=O) groups excluding carboxylic acids is 1. The molecule has 0 bridgehead atoms. The molecular formula is C24H27N3O4. The molecule has 0 saturated carbocycles. The number of pyridine rings is 2. The Balaban J connectivity index is 0.00000112. The van der Waals surface area contributed by atoms with E-state index in [1.54, 1.807) is 10.6 Å². The van der Waals surface area contributed by atoms with Gasteiger partial charge >= 0.3 is 5.97 Å². The minimum absolute atomic E-state index is 0.123. The summed E-state index contributed by atoms with van der Waals surface area (Å²) in [5, 5.41) is 11.7. The van der Waals surface area contributed by atoms with Crippen molar-refractivity contribution in [2.45, 2.75) is 46.1 Å². The molecule has 3 aromatic rings. The van der Waals surface area contributed by atoms with Gasteiger partial charge in [-0.15, -0.1) is 0 Å². The van der Waals surface area contributed by atoms with Crippen LogP contribution in [-0.2, 0) is 34.8 Å². The van der Waals surface area contributed by atoms with Crippen LogP contribution in [0.15, 0.2) is 35.1 Å². The lowest BCUT2D eigenvalue weighted by molar-refractivity contribution is -0.169. The number of aliphatic hydroxyl groups is 1. The third-order valence-corrected chi connectivity index (χ3v) is 5.76. The molecule has 1 atom stereocenters. The molecule has 0 unspecified atom stereocenters. The summed E-state index contributed by atoms with van der Waals surface area (Å²) in [6.07, 6.45) is 0. The van der Waals surface area contributed by atoms with Gasteiger partial charge in [0.25, 0.3) is 5.56 Å². The smallest absolute Gasteiger partial charge is 0.342 e. The second-order valence-corrected chi connectivity index (χ2v) is 8.18. The summed E-state index contributed by atoms with van der Waals surface area (Å²) in [6, 6.07) is 9.84. The molecule has 0 aliphatic carbocycles. The zero-order valence-electron chi connectivity index (χ0n) is 18.5. The van der Waals surface area contributed by atoms with Gasteiger partial charge in [0.05, 0.1) is 29.0 Å². The fourth-order valence-corrected chi connectivity index (χ4v) is 4.29. The van der Waals surface area contributed by atoms with Crippen molar-refractivity contribution in [2.75, 3.05) is 14.1 Å². The van der Waals surface area contributed by atoms with Crippen molar-refractivity contribution in [1.82, 2.24) is 14.5 Å². The van der Waals surface area contributed by atoms with Crippen LogP contribution in [0.2, 0.25) is 0 Å². The van der Waals surface area contributed by atoms with Crippen LogP contribution in [0.4, 0.5) is 0 Å². The Hall–Kier alpha value is -3.03. The van der Waals surface area contributed by atoms with Crippen molar-refractivity contribution < 1.29 is 14.6 Å². The van der Waals surface area contributed by atoms with Crippen LogP contribution in [0.1, 0.15) is 43.0 Å². The van der Waals surface area contributed by atoms with Crippen LogP contribution in [0.3, 0.4) is 0 Å². The Kier molecular flexibility index (Phi) is 5.19. The largest absolute Gasteiger partial charge is 0.458 e. The Labute approximate surface area is 180 Å². The maximum absolute atomic E-state index is 13.1. The molecule has 0 amide bonds. The number of esters is 1. The molecule has 0 fully saturated rings. The topological polar surface area (TPSA) is 84.7 Å². The van der Waals surface area contributed by atoms with E-state index in [0.717, 1.165) is 23.0 Å². The van der Waals surface area contributed by atoms with E-state index in [2.05, 4.69) is 17.0 Å². The van der Waals surface area contributed by atoms with Gasteiger partial charge in [-0.2, -0.15) is 0 Å². The maximum atomic E-state index is 13.1. The number of hydrogen-bond acceptors (Lipinski definition) is 6. The molecule has 162 valence electrons. The fourth-order valence-electron chi connectivity index (χ4n) is 4.29. The SMILES string of the molecule is CC.CN(C)Cc1cccc2nc3c(cc12)Cn1c-3cc2c(c1=O)COC(=O)[C@@]2(C)O. The number of ether oxygens (including phenoxy) is 1. The first kappa shape index (κ1) is 21.2. The average molecular weight is 421 g/mol. The van der Waals surface area contributed by atoms with Crippen molar-refractivity contribution in [3.8, 4) is 11.4 Å². The molecule has 0 saturated heterocycles. The minimum atomic E-state index is -1.85. The van der Waals surface area contributed by atoms with Crippen molar-refractivity contribution >= 4 is 16.9 Å². The molecule has 2 aliphatic heterocycles. The third kappa shape index (κ3) is 3.25. The Morgan fingerprint density at radius 1 is 1.23 bits per heavy atom. The van der Waals surface area contributed by atoms with Gasteiger partial charge in [0, 0.05) is 23.1 Å². The van der Waals surface area contributed by atoms with Crippen molar-refractivity contribution in [3.05, 3.63) is 62.9 Å². The highest BCUT2D eigenvalue weighted by Gasteiger charge is 2.42. The molecule has 2 aromatic heterocycles. The second kappa shape index (κ2) is 7.59. The summed E-state index contributed by atoms with van der Waals surface area (Å²) in [6.45, 7) is 6.44. The van der Waals surface area contributed by atoms with Crippen molar-refractivity contribution in [1.29, 1.82) is 0 Å². The zero-order chi connectivity index (χ0) is 22.5. The standard InChI is InChI=1S/C22H21N3O4.C2H6/c1-22(28)16-8-18-19-13(10-25(18)20(26)15(16)11-29-21(22)27)7-14-12(9-24(2)3)5-4-6-17(14)23-19;1-2/h4-8,28H,9-11H2,1-3H3;1-2H3/t22-;/m0./s1. The van der Waals surface area contributed by atoms with Gasteiger partial charge in [0.2, 0.25) is 0 Å². The number of carbonyl (C=O) groups is 1. The Bertz CT molecular complexity index is 1260. The lowest BCUT2D eigenvalue weighted by atomic mass is 9.90. The highest BCUT2D eigenvalue weighted by atomic mass is 16.6. The molecule has 4 heterocycles. The monoisotopic (exact) mass is 421 g/mol. The van der Waals surface area contributed by atoms with Crippen LogP contribution in [0.5, 0.6) is 0 Å². The van der Waals surface area contributed by atoms with Crippen molar-refractivity contribution in [3.63, 3.8) is 0 Å². The number of rotatable bonds is 2. The van der Waals surface area contributed by atoms with Gasteiger partial charge in [0.15, 0.2) is 5.60 Å². The highest BCUT2D eigenvalue weighted by Crippen LogP contribution is 2.37. The molecular weight excluding hydrogens is 394 g/mol. The van der Waals surface area contributed by atoms with Gasteiger partial charge in [-0.25, -0.2) is 9.78 Å². The van der Waals surface area contributed by atoms with Crippen LogP contribution in [0, 0.1) is 0 Å². The lowest BCUT2D eigenvalue weighted by Crippen LogP contribution is -2.42. The predicted octanol–water partition coefficient (Wildman–Crippen LogP) is 2.78.